The predicted molar refractivity (Wildman–Crippen MR) is 102 cm³/mol. The Balaban J connectivity index is 1.98. The van der Waals surface area contributed by atoms with Crippen molar-refractivity contribution in [3.05, 3.63) is 58.7 Å². The standard InChI is InChI=1S/C18H24ClN5/c1-20-18(24(4)13-15-6-5-7-16(19)10-15)22-12-14-8-9-21-17(11-14)23(2)3/h5-11H,12-13H2,1-4H3,(H,20,22). The van der Waals surface area contributed by atoms with Crippen LogP contribution in [0.25, 0.3) is 0 Å². The second-order valence-electron chi connectivity index (χ2n) is 5.80. The van der Waals surface area contributed by atoms with Crippen LogP contribution in [0, 0.1) is 0 Å². The molecule has 0 aliphatic rings. The molecule has 0 atom stereocenters. The van der Waals surface area contributed by atoms with Gasteiger partial charge in [0.2, 0.25) is 0 Å². The molecule has 2 rings (SSSR count). The highest BCUT2D eigenvalue weighted by atomic mass is 35.5. The summed E-state index contributed by atoms with van der Waals surface area (Å²) in [7, 11) is 7.76. The molecule has 1 heterocycles. The summed E-state index contributed by atoms with van der Waals surface area (Å²) in [5, 5.41) is 4.13. The average molecular weight is 346 g/mol. The Bertz CT molecular complexity index is 699. The zero-order valence-corrected chi connectivity index (χ0v) is 15.4. The summed E-state index contributed by atoms with van der Waals surface area (Å²) in [5.74, 6) is 1.77. The number of hydrogen-bond donors (Lipinski definition) is 1. The van der Waals surface area contributed by atoms with Gasteiger partial charge in [0.15, 0.2) is 5.96 Å². The lowest BCUT2D eigenvalue weighted by Crippen LogP contribution is -2.38. The first-order valence-corrected chi connectivity index (χ1v) is 8.16. The number of benzene rings is 1. The number of aliphatic imine (C=N–C) groups is 1. The molecule has 0 radical (unpaired) electrons. The van der Waals surface area contributed by atoms with Crippen molar-refractivity contribution < 1.29 is 0 Å². The molecule has 5 nitrogen and oxygen atoms in total. The smallest absolute Gasteiger partial charge is 0.193 e. The van der Waals surface area contributed by atoms with E-state index in [2.05, 4.69) is 32.3 Å². The van der Waals surface area contributed by atoms with Gasteiger partial charge < -0.3 is 15.1 Å². The molecule has 0 aliphatic heterocycles. The first-order chi connectivity index (χ1) is 11.5. The van der Waals surface area contributed by atoms with Gasteiger partial charge in [0.25, 0.3) is 0 Å². The van der Waals surface area contributed by atoms with Gasteiger partial charge in [0, 0.05) is 52.5 Å². The molecule has 1 aromatic heterocycles. The number of nitrogens with one attached hydrogen (secondary N) is 1. The van der Waals surface area contributed by atoms with E-state index >= 15 is 0 Å². The molecule has 0 aliphatic carbocycles. The van der Waals surface area contributed by atoms with Crippen LogP contribution in [0.1, 0.15) is 11.1 Å². The highest BCUT2D eigenvalue weighted by Crippen LogP contribution is 2.13. The number of rotatable bonds is 5. The van der Waals surface area contributed by atoms with Crippen LogP contribution < -0.4 is 10.2 Å². The lowest BCUT2D eigenvalue weighted by atomic mass is 10.2. The van der Waals surface area contributed by atoms with Crippen LogP contribution in [0.5, 0.6) is 0 Å². The lowest BCUT2D eigenvalue weighted by Gasteiger charge is -2.22. The maximum atomic E-state index is 6.05. The van der Waals surface area contributed by atoms with Crippen molar-refractivity contribution >= 4 is 23.4 Å². The maximum absolute atomic E-state index is 6.05. The van der Waals surface area contributed by atoms with Gasteiger partial charge in [-0.1, -0.05) is 23.7 Å². The number of nitrogens with zero attached hydrogens (tertiary/aromatic N) is 4. The summed E-state index contributed by atoms with van der Waals surface area (Å²) in [5.41, 5.74) is 2.30. The molecule has 2 aromatic rings. The third-order valence-electron chi connectivity index (χ3n) is 3.60. The van der Waals surface area contributed by atoms with E-state index < -0.39 is 0 Å². The van der Waals surface area contributed by atoms with Gasteiger partial charge in [0.05, 0.1) is 0 Å². The van der Waals surface area contributed by atoms with E-state index in [1.165, 1.54) is 0 Å². The monoisotopic (exact) mass is 345 g/mol. The first-order valence-electron chi connectivity index (χ1n) is 7.78. The van der Waals surface area contributed by atoms with Crippen molar-refractivity contribution in [3.8, 4) is 0 Å². The molecule has 0 saturated carbocycles. The highest BCUT2D eigenvalue weighted by Gasteiger charge is 2.07. The van der Waals surface area contributed by atoms with Gasteiger partial charge in [-0.3, -0.25) is 4.99 Å². The Kier molecular flexibility index (Phi) is 6.44. The number of hydrogen-bond acceptors (Lipinski definition) is 3. The SMILES string of the molecule is CN=C(NCc1ccnc(N(C)C)c1)N(C)Cc1cccc(Cl)c1. The average Bonchev–Trinajstić information content (AvgIpc) is 2.55. The molecular weight excluding hydrogens is 322 g/mol. The molecule has 0 saturated heterocycles. The second-order valence-corrected chi connectivity index (χ2v) is 6.24. The van der Waals surface area contributed by atoms with Crippen LogP contribution in [0.2, 0.25) is 5.02 Å². The molecule has 24 heavy (non-hydrogen) atoms. The number of pyridine rings is 1. The normalized spacial score (nSPS) is 11.3. The Labute approximate surface area is 149 Å². The first kappa shape index (κ1) is 18.1. The van der Waals surface area contributed by atoms with E-state index in [0.717, 1.165) is 34.5 Å². The van der Waals surface area contributed by atoms with E-state index in [9.17, 15) is 0 Å². The van der Waals surface area contributed by atoms with Crippen LogP contribution in [0.4, 0.5) is 5.82 Å². The number of guanidine groups is 1. The van der Waals surface area contributed by atoms with Gasteiger partial charge in [-0.05, 0) is 35.4 Å². The molecule has 1 N–H and O–H groups in total. The largest absolute Gasteiger partial charge is 0.363 e. The van der Waals surface area contributed by atoms with E-state index in [1.54, 1.807) is 7.05 Å². The van der Waals surface area contributed by atoms with Crippen molar-refractivity contribution in [3.63, 3.8) is 0 Å². The molecule has 0 spiro atoms. The minimum absolute atomic E-state index is 0.690. The van der Waals surface area contributed by atoms with E-state index in [4.69, 9.17) is 11.6 Å². The molecule has 128 valence electrons. The summed E-state index contributed by atoms with van der Waals surface area (Å²) in [6.45, 7) is 1.43. The third-order valence-corrected chi connectivity index (χ3v) is 3.84. The van der Waals surface area contributed by atoms with E-state index in [1.807, 2.05) is 56.5 Å². The fraction of sp³-hybridized carbons (Fsp3) is 0.333. The zero-order valence-electron chi connectivity index (χ0n) is 14.6. The molecule has 0 unspecified atom stereocenters. The molecule has 0 bridgehead atoms. The second kappa shape index (κ2) is 8.55. The topological polar surface area (TPSA) is 43.8 Å². The summed E-state index contributed by atoms with van der Waals surface area (Å²) in [6, 6.07) is 11.9. The Morgan fingerprint density at radius 3 is 2.62 bits per heavy atom. The molecule has 1 aromatic carbocycles. The van der Waals surface area contributed by atoms with E-state index in [0.29, 0.717) is 6.54 Å². The fourth-order valence-electron chi connectivity index (χ4n) is 2.37. The van der Waals surface area contributed by atoms with Crippen LogP contribution in [-0.2, 0) is 13.1 Å². The summed E-state index contributed by atoms with van der Waals surface area (Å²) >= 11 is 6.05. The Morgan fingerprint density at radius 2 is 1.96 bits per heavy atom. The summed E-state index contributed by atoms with van der Waals surface area (Å²) in [4.78, 5) is 12.7. The minimum Gasteiger partial charge on any atom is -0.363 e. The molecule has 6 heteroatoms. The third kappa shape index (κ3) is 5.13. The van der Waals surface area contributed by atoms with E-state index in [-0.39, 0.29) is 0 Å². The van der Waals surface area contributed by atoms with Crippen molar-refractivity contribution in [2.75, 3.05) is 33.1 Å². The van der Waals surface area contributed by atoms with Crippen molar-refractivity contribution in [1.29, 1.82) is 0 Å². The van der Waals surface area contributed by atoms with Crippen LogP contribution in [0.3, 0.4) is 0 Å². The number of halogens is 1. The quantitative estimate of drug-likeness (QED) is 0.668. The predicted octanol–water partition coefficient (Wildman–Crippen LogP) is 3.01. The van der Waals surface area contributed by atoms with Crippen LogP contribution >= 0.6 is 11.6 Å². The molecule has 0 amide bonds. The van der Waals surface area contributed by atoms with Crippen molar-refractivity contribution in [2.24, 2.45) is 4.99 Å². The Hall–Kier alpha value is -2.27. The number of aromatic nitrogens is 1. The van der Waals surface area contributed by atoms with Crippen molar-refractivity contribution in [1.82, 2.24) is 15.2 Å². The molecule has 0 fully saturated rings. The van der Waals surface area contributed by atoms with Gasteiger partial charge in [-0.15, -0.1) is 0 Å². The van der Waals surface area contributed by atoms with Crippen LogP contribution in [-0.4, -0.2) is 44.0 Å². The van der Waals surface area contributed by atoms with Gasteiger partial charge in [-0.25, -0.2) is 4.98 Å². The fourth-order valence-corrected chi connectivity index (χ4v) is 2.58. The Morgan fingerprint density at radius 1 is 1.17 bits per heavy atom. The lowest BCUT2D eigenvalue weighted by molar-refractivity contribution is 0.476. The minimum atomic E-state index is 0.690. The summed E-state index contributed by atoms with van der Waals surface area (Å²) in [6.07, 6.45) is 1.82. The van der Waals surface area contributed by atoms with Gasteiger partial charge in [-0.2, -0.15) is 0 Å². The highest BCUT2D eigenvalue weighted by molar-refractivity contribution is 6.30. The van der Waals surface area contributed by atoms with Gasteiger partial charge >= 0.3 is 0 Å². The van der Waals surface area contributed by atoms with Gasteiger partial charge in [0.1, 0.15) is 5.82 Å². The summed E-state index contributed by atoms with van der Waals surface area (Å²) < 4.78 is 0. The maximum Gasteiger partial charge on any atom is 0.193 e. The molecular formula is C18H24ClN5. The van der Waals surface area contributed by atoms with Crippen LogP contribution in [0.15, 0.2) is 47.6 Å². The zero-order chi connectivity index (χ0) is 17.5. The van der Waals surface area contributed by atoms with Crippen molar-refractivity contribution in [2.45, 2.75) is 13.1 Å². The number of anilines is 1.